The minimum absolute atomic E-state index is 0.148. The molecule has 0 bridgehead atoms. The fourth-order valence-corrected chi connectivity index (χ4v) is 2.83. The highest BCUT2D eigenvalue weighted by Gasteiger charge is 2.15. The topological polar surface area (TPSA) is 78.8 Å². The molecule has 2 aromatic heterocycles. The summed E-state index contributed by atoms with van der Waals surface area (Å²) in [6.45, 7) is 5.84. The lowest BCUT2D eigenvalue weighted by atomic mass is 10.1. The van der Waals surface area contributed by atoms with Crippen LogP contribution in [0.5, 0.6) is 11.6 Å². The standard InChI is InChI=1S/C20H23N3O3/c1-12-9-17(14(3)21)18-22-19(13(2)20(24)23(18)10-12)26-11-15-5-7-16(25-4)8-6-15/h5-10,14H,11,21H2,1-4H3. The maximum atomic E-state index is 12.8. The third kappa shape index (κ3) is 3.41. The first-order valence-electron chi connectivity index (χ1n) is 8.45. The number of ether oxygens (including phenoxy) is 2. The summed E-state index contributed by atoms with van der Waals surface area (Å²) >= 11 is 0. The largest absolute Gasteiger partial charge is 0.497 e. The van der Waals surface area contributed by atoms with Gasteiger partial charge in [-0.05, 0) is 50.1 Å². The number of hydrogen-bond donors (Lipinski definition) is 1. The van der Waals surface area contributed by atoms with E-state index in [2.05, 4.69) is 4.98 Å². The molecule has 1 unspecified atom stereocenters. The monoisotopic (exact) mass is 353 g/mol. The van der Waals surface area contributed by atoms with Crippen molar-refractivity contribution in [2.45, 2.75) is 33.4 Å². The molecule has 3 rings (SSSR count). The number of nitrogens with two attached hydrogens (primary N) is 1. The van der Waals surface area contributed by atoms with E-state index < -0.39 is 0 Å². The molecule has 0 fully saturated rings. The van der Waals surface area contributed by atoms with Crippen LogP contribution in [0.1, 0.15) is 35.2 Å². The van der Waals surface area contributed by atoms with Gasteiger partial charge in [0.25, 0.3) is 5.56 Å². The third-order valence-corrected chi connectivity index (χ3v) is 4.30. The highest BCUT2D eigenvalue weighted by Crippen LogP contribution is 2.21. The maximum Gasteiger partial charge on any atom is 0.264 e. The van der Waals surface area contributed by atoms with Gasteiger partial charge in [0.1, 0.15) is 18.0 Å². The molecule has 26 heavy (non-hydrogen) atoms. The van der Waals surface area contributed by atoms with Crippen molar-refractivity contribution in [1.82, 2.24) is 9.38 Å². The number of aryl methyl sites for hydroxylation is 1. The van der Waals surface area contributed by atoms with Gasteiger partial charge in [-0.2, -0.15) is 4.98 Å². The number of benzene rings is 1. The molecule has 3 aromatic rings. The Morgan fingerprint density at radius 3 is 2.54 bits per heavy atom. The van der Waals surface area contributed by atoms with Gasteiger partial charge in [0.2, 0.25) is 5.88 Å². The molecule has 1 aromatic carbocycles. The van der Waals surface area contributed by atoms with Gasteiger partial charge in [-0.3, -0.25) is 9.20 Å². The van der Waals surface area contributed by atoms with Crippen molar-refractivity contribution < 1.29 is 9.47 Å². The second-order valence-corrected chi connectivity index (χ2v) is 6.44. The average Bonchev–Trinajstić information content (AvgIpc) is 2.63. The Morgan fingerprint density at radius 1 is 1.23 bits per heavy atom. The lowest BCUT2D eigenvalue weighted by molar-refractivity contribution is 0.291. The Kier molecular flexibility index (Phi) is 4.95. The van der Waals surface area contributed by atoms with E-state index in [0.29, 0.717) is 23.7 Å². The summed E-state index contributed by atoms with van der Waals surface area (Å²) in [4.78, 5) is 17.3. The summed E-state index contributed by atoms with van der Waals surface area (Å²) < 4.78 is 12.5. The van der Waals surface area contributed by atoms with Crippen molar-refractivity contribution in [3.05, 3.63) is 69.1 Å². The van der Waals surface area contributed by atoms with Crippen molar-refractivity contribution in [3.8, 4) is 11.6 Å². The number of rotatable bonds is 5. The molecule has 6 nitrogen and oxygen atoms in total. The molecule has 0 spiro atoms. The van der Waals surface area contributed by atoms with Crippen molar-refractivity contribution in [1.29, 1.82) is 0 Å². The van der Waals surface area contributed by atoms with Gasteiger partial charge in [0.15, 0.2) is 0 Å². The van der Waals surface area contributed by atoms with Crippen molar-refractivity contribution in [3.63, 3.8) is 0 Å². The molecule has 0 saturated carbocycles. The van der Waals surface area contributed by atoms with Crippen LogP contribution in [0.4, 0.5) is 0 Å². The molecule has 0 saturated heterocycles. The van der Waals surface area contributed by atoms with Gasteiger partial charge in [0.05, 0.1) is 12.7 Å². The molecule has 0 aliphatic rings. The van der Waals surface area contributed by atoms with Crippen molar-refractivity contribution >= 4 is 5.65 Å². The predicted molar refractivity (Wildman–Crippen MR) is 101 cm³/mol. The van der Waals surface area contributed by atoms with Crippen LogP contribution in [0.2, 0.25) is 0 Å². The van der Waals surface area contributed by atoms with Gasteiger partial charge in [-0.25, -0.2) is 0 Å². The van der Waals surface area contributed by atoms with E-state index >= 15 is 0 Å². The summed E-state index contributed by atoms with van der Waals surface area (Å²) in [5.41, 5.74) is 9.66. The Bertz CT molecular complexity index is 992. The number of hydrogen-bond acceptors (Lipinski definition) is 5. The first-order chi connectivity index (χ1) is 12.4. The zero-order valence-electron chi connectivity index (χ0n) is 15.4. The molecule has 6 heteroatoms. The molecule has 0 amide bonds. The first kappa shape index (κ1) is 17.9. The second-order valence-electron chi connectivity index (χ2n) is 6.44. The summed E-state index contributed by atoms with van der Waals surface area (Å²) in [5.74, 6) is 1.11. The highest BCUT2D eigenvalue weighted by atomic mass is 16.5. The number of nitrogens with zero attached hydrogens (tertiary/aromatic N) is 2. The Labute approximate surface area is 152 Å². The Balaban J connectivity index is 2.00. The van der Waals surface area contributed by atoms with E-state index in [-0.39, 0.29) is 11.6 Å². The zero-order chi connectivity index (χ0) is 18.8. The first-order valence-corrected chi connectivity index (χ1v) is 8.45. The molecule has 1 atom stereocenters. The SMILES string of the molecule is COc1ccc(COc2nc3c(C(C)N)cc(C)cn3c(=O)c2C)cc1. The van der Waals surface area contributed by atoms with Gasteiger partial charge >= 0.3 is 0 Å². The van der Waals surface area contributed by atoms with E-state index in [1.165, 1.54) is 0 Å². The van der Waals surface area contributed by atoms with E-state index in [1.807, 2.05) is 44.2 Å². The fourth-order valence-electron chi connectivity index (χ4n) is 2.83. The molecule has 136 valence electrons. The van der Waals surface area contributed by atoms with Crippen LogP contribution < -0.4 is 20.8 Å². The summed E-state index contributed by atoms with van der Waals surface area (Å²) in [6, 6.07) is 9.28. The van der Waals surface area contributed by atoms with E-state index in [4.69, 9.17) is 15.2 Å². The smallest absolute Gasteiger partial charge is 0.264 e. The van der Waals surface area contributed by atoms with E-state index in [0.717, 1.165) is 22.4 Å². The quantitative estimate of drug-likeness (QED) is 0.763. The number of pyridine rings is 1. The highest BCUT2D eigenvalue weighted by molar-refractivity contribution is 5.53. The normalized spacial score (nSPS) is 12.2. The van der Waals surface area contributed by atoms with Crippen molar-refractivity contribution in [2.24, 2.45) is 5.73 Å². The van der Waals surface area contributed by atoms with Gasteiger partial charge < -0.3 is 15.2 Å². The Morgan fingerprint density at radius 2 is 1.92 bits per heavy atom. The van der Waals surface area contributed by atoms with Crippen LogP contribution in [0, 0.1) is 13.8 Å². The molecular weight excluding hydrogens is 330 g/mol. The molecule has 2 heterocycles. The predicted octanol–water partition coefficient (Wildman–Crippen LogP) is 2.92. The Hall–Kier alpha value is -2.86. The van der Waals surface area contributed by atoms with E-state index in [1.54, 1.807) is 24.6 Å². The van der Waals surface area contributed by atoms with Gasteiger partial charge in [-0.1, -0.05) is 12.1 Å². The average molecular weight is 353 g/mol. The van der Waals surface area contributed by atoms with Crippen LogP contribution in [0.3, 0.4) is 0 Å². The van der Waals surface area contributed by atoms with Crippen LogP contribution in [0.15, 0.2) is 41.3 Å². The number of aromatic nitrogens is 2. The molecule has 0 radical (unpaired) electrons. The molecule has 2 N–H and O–H groups in total. The van der Waals surface area contributed by atoms with Gasteiger partial charge in [0, 0.05) is 17.8 Å². The zero-order valence-corrected chi connectivity index (χ0v) is 15.4. The van der Waals surface area contributed by atoms with Crippen LogP contribution in [0.25, 0.3) is 5.65 Å². The summed E-state index contributed by atoms with van der Waals surface area (Å²) in [7, 11) is 1.62. The lowest BCUT2D eigenvalue weighted by Gasteiger charge is -2.15. The van der Waals surface area contributed by atoms with Crippen LogP contribution in [-0.4, -0.2) is 16.5 Å². The van der Waals surface area contributed by atoms with Crippen LogP contribution in [-0.2, 0) is 6.61 Å². The fraction of sp³-hybridized carbons (Fsp3) is 0.300. The van der Waals surface area contributed by atoms with Crippen LogP contribution >= 0.6 is 0 Å². The number of fused-ring (bicyclic) bond motifs is 1. The molecule has 0 aliphatic carbocycles. The minimum atomic E-state index is -0.242. The summed E-state index contributed by atoms with van der Waals surface area (Å²) in [6.07, 6.45) is 1.77. The van der Waals surface area contributed by atoms with E-state index in [9.17, 15) is 4.79 Å². The summed E-state index contributed by atoms with van der Waals surface area (Å²) in [5, 5.41) is 0. The number of methoxy groups -OCH3 is 1. The minimum Gasteiger partial charge on any atom is -0.497 e. The molecule has 0 aliphatic heterocycles. The maximum absolute atomic E-state index is 12.8. The van der Waals surface area contributed by atoms with Crippen molar-refractivity contribution in [2.75, 3.05) is 7.11 Å². The second kappa shape index (κ2) is 7.17. The molecular formula is C20H23N3O3. The lowest BCUT2D eigenvalue weighted by Crippen LogP contribution is -2.22. The third-order valence-electron chi connectivity index (χ3n) is 4.30. The van der Waals surface area contributed by atoms with Gasteiger partial charge in [-0.15, -0.1) is 0 Å².